The summed E-state index contributed by atoms with van der Waals surface area (Å²) >= 11 is 0. The molecule has 0 radical (unpaired) electrons. The third kappa shape index (κ3) is 5.01. The lowest BCUT2D eigenvalue weighted by atomic mass is 10.0. The molecule has 0 spiro atoms. The molecule has 0 aliphatic carbocycles. The fourth-order valence-electron chi connectivity index (χ4n) is 4.99. The van der Waals surface area contributed by atoms with Crippen LogP contribution in [0, 0.1) is 0 Å². The number of halogens is 1. The molecule has 1 heterocycles. The molecule has 0 saturated carbocycles. The van der Waals surface area contributed by atoms with Gasteiger partial charge in [0.05, 0.1) is 26.8 Å². The van der Waals surface area contributed by atoms with Gasteiger partial charge in [-0.2, -0.15) is 0 Å². The van der Waals surface area contributed by atoms with Crippen LogP contribution in [-0.4, -0.2) is 49.7 Å². The number of amides is 1. The fraction of sp³-hybridized carbons (Fsp3) is 0.393. The van der Waals surface area contributed by atoms with Gasteiger partial charge in [-0.05, 0) is 72.5 Å². The van der Waals surface area contributed by atoms with E-state index in [4.69, 9.17) is 9.47 Å². The van der Waals surface area contributed by atoms with Crippen molar-refractivity contribution in [2.45, 2.75) is 45.3 Å². The molecule has 0 fully saturated rings. The Morgan fingerprint density at radius 2 is 1.62 bits per heavy atom. The van der Waals surface area contributed by atoms with Gasteiger partial charge in [-0.3, -0.25) is 9.69 Å². The predicted molar refractivity (Wildman–Crippen MR) is 140 cm³/mol. The first-order valence-electron chi connectivity index (χ1n) is 11.7. The maximum Gasteiger partial charge on any atom is 0.228 e. The predicted octanol–water partition coefficient (Wildman–Crippen LogP) is 5.64. The summed E-state index contributed by atoms with van der Waals surface area (Å²) in [5, 5.41) is 2.49. The molecule has 1 aliphatic rings. The van der Waals surface area contributed by atoms with Gasteiger partial charge in [0.1, 0.15) is 0 Å². The van der Waals surface area contributed by atoms with Crippen molar-refractivity contribution in [1.29, 1.82) is 0 Å². The van der Waals surface area contributed by atoms with Gasteiger partial charge in [0.25, 0.3) is 0 Å². The van der Waals surface area contributed by atoms with E-state index < -0.39 is 0 Å². The van der Waals surface area contributed by atoms with Crippen molar-refractivity contribution >= 4 is 29.1 Å². The maximum atomic E-state index is 13.4. The highest BCUT2D eigenvalue weighted by Gasteiger charge is 2.31. The molecule has 4 rings (SSSR count). The van der Waals surface area contributed by atoms with E-state index in [-0.39, 0.29) is 30.5 Å². The van der Waals surface area contributed by atoms with Gasteiger partial charge in [0, 0.05) is 12.6 Å². The van der Waals surface area contributed by atoms with Crippen LogP contribution in [0.1, 0.15) is 43.0 Å². The zero-order chi connectivity index (χ0) is 23.5. The Hall–Kier alpha value is -2.76. The van der Waals surface area contributed by atoms with Crippen molar-refractivity contribution < 1.29 is 14.3 Å². The maximum absolute atomic E-state index is 13.4. The van der Waals surface area contributed by atoms with E-state index in [1.165, 1.54) is 16.3 Å². The van der Waals surface area contributed by atoms with Gasteiger partial charge in [0.2, 0.25) is 5.91 Å². The quantitative estimate of drug-likeness (QED) is 0.437. The standard InChI is InChI=1S/C28H34N2O3.ClH/c1-6-27(29(3)19(2)21-12-11-20-9-7-8-10-22(20)15-21)30-14-13-23-16-25(32-4)26(33-5)17-24(23)18-28(30)31;/h7-12,15-17,19,27H,6,13-14,18H2,1-5H3;1H. The molecule has 0 aromatic heterocycles. The minimum absolute atomic E-state index is 0. The van der Waals surface area contributed by atoms with E-state index >= 15 is 0 Å². The number of rotatable bonds is 7. The molecule has 2 unspecified atom stereocenters. The highest BCUT2D eigenvalue weighted by atomic mass is 35.5. The minimum Gasteiger partial charge on any atom is -0.493 e. The molecule has 1 amide bonds. The molecule has 5 nitrogen and oxygen atoms in total. The lowest BCUT2D eigenvalue weighted by Crippen LogP contribution is -2.50. The summed E-state index contributed by atoms with van der Waals surface area (Å²) in [7, 11) is 5.41. The summed E-state index contributed by atoms with van der Waals surface area (Å²) < 4.78 is 10.9. The fourth-order valence-corrected chi connectivity index (χ4v) is 4.99. The van der Waals surface area contributed by atoms with Crippen molar-refractivity contribution in [2.24, 2.45) is 0 Å². The number of hydrogen-bond acceptors (Lipinski definition) is 4. The molecule has 1 aliphatic heterocycles. The number of nitrogens with zero attached hydrogens (tertiary/aromatic N) is 2. The molecule has 0 bridgehead atoms. The summed E-state index contributed by atoms with van der Waals surface area (Å²) in [6, 6.07) is 19.2. The third-order valence-corrected chi connectivity index (χ3v) is 7.05. The van der Waals surface area contributed by atoms with Crippen molar-refractivity contribution in [3.63, 3.8) is 0 Å². The van der Waals surface area contributed by atoms with E-state index in [2.05, 4.69) is 73.2 Å². The van der Waals surface area contributed by atoms with Crippen LogP contribution < -0.4 is 9.47 Å². The smallest absolute Gasteiger partial charge is 0.228 e. The van der Waals surface area contributed by atoms with E-state index in [0.717, 1.165) is 24.0 Å². The summed E-state index contributed by atoms with van der Waals surface area (Å²) in [4.78, 5) is 17.8. The van der Waals surface area contributed by atoms with E-state index in [9.17, 15) is 4.79 Å². The highest BCUT2D eigenvalue weighted by molar-refractivity contribution is 5.85. The number of carbonyl (C=O) groups excluding carboxylic acids is 1. The Kier molecular flexibility index (Phi) is 8.45. The first-order valence-corrected chi connectivity index (χ1v) is 11.7. The summed E-state index contributed by atoms with van der Waals surface area (Å²) in [6.07, 6.45) is 2.07. The molecular weight excluding hydrogens is 448 g/mol. The van der Waals surface area contributed by atoms with E-state index in [1.807, 2.05) is 12.1 Å². The average molecular weight is 483 g/mol. The molecule has 0 saturated heterocycles. The second-order valence-corrected chi connectivity index (χ2v) is 8.83. The number of ether oxygens (including phenoxy) is 2. The normalized spacial score (nSPS) is 15.4. The molecule has 182 valence electrons. The van der Waals surface area contributed by atoms with E-state index in [1.54, 1.807) is 14.2 Å². The second kappa shape index (κ2) is 11.1. The van der Waals surface area contributed by atoms with Gasteiger partial charge >= 0.3 is 0 Å². The molecule has 3 aromatic rings. The topological polar surface area (TPSA) is 42.0 Å². The lowest BCUT2D eigenvalue weighted by molar-refractivity contribution is -0.137. The van der Waals surface area contributed by atoms with Crippen molar-refractivity contribution in [3.8, 4) is 11.5 Å². The second-order valence-electron chi connectivity index (χ2n) is 8.83. The Morgan fingerprint density at radius 3 is 2.26 bits per heavy atom. The third-order valence-electron chi connectivity index (χ3n) is 7.05. The van der Waals surface area contributed by atoms with Crippen LogP contribution in [0.25, 0.3) is 10.8 Å². The monoisotopic (exact) mass is 482 g/mol. The minimum atomic E-state index is 0. The van der Waals surface area contributed by atoms with E-state index in [0.29, 0.717) is 24.5 Å². The van der Waals surface area contributed by atoms with Gasteiger partial charge in [0.15, 0.2) is 11.5 Å². The number of methoxy groups -OCH3 is 2. The highest BCUT2D eigenvalue weighted by Crippen LogP contribution is 2.34. The van der Waals surface area contributed by atoms with Gasteiger partial charge in [-0.15, -0.1) is 12.4 Å². The Morgan fingerprint density at radius 1 is 0.971 bits per heavy atom. The van der Waals surface area contributed by atoms with Crippen LogP contribution in [0.5, 0.6) is 11.5 Å². The molecule has 34 heavy (non-hydrogen) atoms. The van der Waals surface area contributed by atoms with Gasteiger partial charge in [-0.25, -0.2) is 0 Å². The molecule has 2 atom stereocenters. The van der Waals surface area contributed by atoms with Crippen molar-refractivity contribution in [3.05, 3.63) is 71.3 Å². The van der Waals surface area contributed by atoms with Crippen LogP contribution in [-0.2, 0) is 17.6 Å². The number of carbonyl (C=O) groups is 1. The Labute approximate surface area is 209 Å². The van der Waals surface area contributed by atoms with Crippen LogP contribution in [0.3, 0.4) is 0 Å². The summed E-state index contributed by atoms with van der Waals surface area (Å²) in [5.41, 5.74) is 3.44. The SMILES string of the molecule is CCC(N1CCc2cc(OC)c(OC)cc2CC1=O)N(C)C(C)c1ccc2ccccc2c1.Cl. The van der Waals surface area contributed by atoms with Crippen molar-refractivity contribution in [2.75, 3.05) is 27.8 Å². The Balaban J connectivity index is 0.00000324. The summed E-state index contributed by atoms with van der Waals surface area (Å²) in [6.45, 7) is 5.07. The average Bonchev–Trinajstić information content (AvgIpc) is 3.00. The Bertz CT molecular complexity index is 1150. The zero-order valence-corrected chi connectivity index (χ0v) is 21.5. The molecule has 0 N–H and O–H groups in total. The van der Waals surface area contributed by atoms with Crippen molar-refractivity contribution in [1.82, 2.24) is 9.80 Å². The lowest BCUT2D eigenvalue weighted by Gasteiger charge is -2.40. The first kappa shape index (κ1) is 25.9. The van der Waals surface area contributed by atoms with Gasteiger partial charge < -0.3 is 14.4 Å². The zero-order valence-electron chi connectivity index (χ0n) is 20.7. The van der Waals surface area contributed by atoms with Crippen LogP contribution >= 0.6 is 12.4 Å². The largest absolute Gasteiger partial charge is 0.493 e. The number of benzene rings is 3. The van der Waals surface area contributed by atoms with Gasteiger partial charge in [-0.1, -0.05) is 43.3 Å². The van der Waals surface area contributed by atoms with Crippen LogP contribution in [0.4, 0.5) is 0 Å². The molecule has 3 aromatic carbocycles. The first-order chi connectivity index (χ1) is 16.0. The number of hydrogen-bond donors (Lipinski definition) is 0. The number of fused-ring (bicyclic) bond motifs is 2. The van der Waals surface area contributed by atoms with Crippen LogP contribution in [0.15, 0.2) is 54.6 Å². The van der Waals surface area contributed by atoms with Crippen LogP contribution in [0.2, 0.25) is 0 Å². The molecular formula is C28H35ClN2O3. The summed E-state index contributed by atoms with van der Waals surface area (Å²) in [5.74, 6) is 1.54. The molecule has 6 heteroatoms.